The van der Waals surface area contributed by atoms with Gasteiger partial charge in [-0.25, -0.2) is 4.39 Å². The molecule has 1 aliphatic heterocycles. The molecule has 0 saturated heterocycles. The van der Waals surface area contributed by atoms with E-state index in [1.54, 1.807) is 24.3 Å². The molecule has 0 bridgehead atoms. The molecule has 3 rings (SSSR count). The maximum atomic E-state index is 13.4. The van der Waals surface area contributed by atoms with Crippen LogP contribution in [0.1, 0.15) is 21.5 Å². The average Bonchev–Trinajstić information content (AvgIpc) is 2.72. The highest BCUT2D eigenvalue weighted by Gasteiger charge is 2.35. The van der Waals surface area contributed by atoms with Crippen LogP contribution in [-0.4, -0.2) is 11.7 Å². The Balaban J connectivity index is 2.00. The van der Waals surface area contributed by atoms with Crippen LogP contribution in [0.4, 0.5) is 10.1 Å². The third kappa shape index (κ3) is 2.17. The summed E-state index contributed by atoms with van der Waals surface area (Å²) in [5, 5.41) is 8.85. The molecule has 5 heteroatoms. The van der Waals surface area contributed by atoms with Crippen molar-refractivity contribution in [3.05, 3.63) is 65.0 Å². The molecule has 0 radical (unpaired) electrons. The van der Waals surface area contributed by atoms with Crippen LogP contribution >= 0.6 is 0 Å². The van der Waals surface area contributed by atoms with Crippen LogP contribution in [0.3, 0.4) is 0 Å². The molecule has 0 spiro atoms. The number of amides is 1. The minimum atomic E-state index is -0.640. The standard InChI is InChI=1S/C16H9FN2O2/c17-12-6-10(8-18)5-11(7-12)9-19-14-4-2-1-3-13(14)15(20)16(19)21/h1-7H,9H2. The number of fused-ring (bicyclic) bond motifs is 1. The van der Waals surface area contributed by atoms with Crippen LogP contribution in [0.2, 0.25) is 0 Å². The van der Waals surface area contributed by atoms with Crippen molar-refractivity contribution >= 4 is 17.4 Å². The summed E-state index contributed by atoms with van der Waals surface area (Å²) in [5.74, 6) is -1.75. The van der Waals surface area contributed by atoms with Crippen LogP contribution < -0.4 is 4.90 Å². The van der Waals surface area contributed by atoms with E-state index in [1.165, 1.54) is 17.0 Å². The second kappa shape index (κ2) is 4.84. The van der Waals surface area contributed by atoms with Gasteiger partial charge in [-0.1, -0.05) is 12.1 Å². The molecule has 0 aliphatic carbocycles. The van der Waals surface area contributed by atoms with Crippen LogP contribution in [0.5, 0.6) is 0 Å². The number of anilines is 1. The Morgan fingerprint density at radius 2 is 1.90 bits per heavy atom. The Morgan fingerprint density at radius 3 is 2.67 bits per heavy atom. The van der Waals surface area contributed by atoms with E-state index in [0.717, 1.165) is 6.07 Å². The van der Waals surface area contributed by atoms with Crippen molar-refractivity contribution in [2.24, 2.45) is 0 Å². The molecular formula is C16H9FN2O2. The number of benzene rings is 2. The average molecular weight is 280 g/mol. The van der Waals surface area contributed by atoms with E-state index >= 15 is 0 Å². The zero-order valence-electron chi connectivity index (χ0n) is 10.8. The summed E-state index contributed by atoms with van der Waals surface area (Å²) in [6.07, 6.45) is 0. The second-order valence-corrected chi connectivity index (χ2v) is 4.70. The molecule has 0 fully saturated rings. The van der Waals surface area contributed by atoms with Crippen molar-refractivity contribution in [3.63, 3.8) is 0 Å². The lowest BCUT2D eigenvalue weighted by atomic mass is 10.1. The summed E-state index contributed by atoms with van der Waals surface area (Å²) < 4.78 is 13.4. The number of hydrogen-bond acceptors (Lipinski definition) is 3. The molecule has 0 aromatic heterocycles. The van der Waals surface area contributed by atoms with Crippen molar-refractivity contribution in [1.29, 1.82) is 5.26 Å². The van der Waals surface area contributed by atoms with E-state index in [9.17, 15) is 14.0 Å². The van der Waals surface area contributed by atoms with Gasteiger partial charge in [-0.3, -0.25) is 9.59 Å². The number of hydrogen-bond donors (Lipinski definition) is 0. The summed E-state index contributed by atoms with van der Waals surface area (Å²) in [5.41, 5.74) is 1.50. The first kappa shape index (κ1) is 13.0. The molecule has 102 valence electrons. The Kier molecular flexibility index (Phi) is 2.99. The lowest BCUT2D eigenvalue weighted by Crippen LogP contribution is -2.29. The van der Waals surface area contributed by atoms with Gasteiger partial charge in [0.25, 0.3) is 11.7 Å². The van der Waals surface area contributed by atoms with Gasteiger partial charge in [-0.05, 0) is 35.9 Å². The number of Topliss-reactive ketones (excluding diaryl/α,β-unsaturated/α-hetero) is 1. The van der Waals surface area contributed by atoms with E-state index in [2.05, 4.69) is 0 Å². The van der Waals surface area contributed by atoms with E-state index in [0.29, 0.717) is 16.8 Å². The lowest BCUT2D eigenvalue weighted by molar-refractivity contribution is -0.114. The fourth-order valence-electron chi connectivity index (χ4n) is 2.39. The molecule has 21 heavy (non-hydrogen) atoms. The highest BCUT2D eigenvalue weighted by atomic mass is 19.1. The van der Waals surface area contributed by atoms with E-state index in [4.69, 9.17) is 5.26 Å². The predicted octanol–water partition coefficient (Wildman–Crippen LogP) is 2.43. The van der Waals surface area contributed by atoms with Crippen molar-refractivity contribution in [2.45, 2.75) is 6.54 Å². The van der Waals surface area contributed by atoms with Gasteiger partial charge in [0.2, 0.25) is 0 Å². The second-order valence-electron chi connectivity index (χ2n) is 4.70. The SMILES string of the molecule is N#Cc1cc(F)cc(CN2C(=O)C(=O)c3ccccc32)c1. The fourth-order valence-corrected chi connectivity index (χ4v) is 2.39. The topological polar surface area (TPSA) is 61.2 Å². The van der Waals surface area contributed by atoms with Crippen molar-refractivity contribution in [1.82, 2.24) is 0 Å². The first-order valence-electron chi connectivity index (χ1n) is 6.25. The van der Waals surface area contributed by atoms with Gasteiger partial charge in [0.1, 0.15) is 5.82 Å². The number of ketones is 1. The third-order valence-corrected chi connectivity index (χ3v) is 3.31. The number of halogens is 1. The Bertz CT molecular complexity index is 808. The third-order valence-electron chi connectivity index (χ3n) is 3.31. The van der Waals surface area contributed by atoms with Crippen molar-refractivity contribution < 1.29 is 14.0 Å². The first-order valence-corrected chi connectivity index (χ1v) is 6.25. The largest absolute Gasteiger partial charge is 0.300 e. The Hall–Kier alpha value is -3.00. The van der Waals surface area contributed by atoms with Gasteiger partial charge < -0.3 is 4.90 Å². The molecule has 2 aromatic carbocycles. The summed E-state index contributed by atoms with van der Waals surface area (Å²) in [6.45, 7) is 0.0496. The quantitative estimate of drug-likeness (QED) is 0.794. The van der Waals surface area contributed by atoms with Crippen molar-refractivity contribution in [2.75, 3.05) is 4.90 Å². The minimum Gasteiger partial charge on any atom is -0.300 e. The molecule has 0 saturated carbocycles. The summed E-state index contributed by atoms with van der Waals surface area (Å²) in [7, 11) is 0. The normalized spacial score (nSPS) is 13.2. The Labute approximate surface area is 120 Å². The monoisotopic (exact) mass is 280 g/mol. The molecule has 0 N–H and O–H groups in total. The maximum Gasteiger partial charge on any atom is 0.299 e. The molecule has 4 nitrogen and oxygen atoms in total. The van der Waals surface area contributed by atoms with Gasteiger partial charge >= 0.3 is 0 Å². The molecule has 0 unspecified atom stereocenters. The number of nitriles is 1. The van der Waals surface area contributed by atoms with E-state index in [1.807, 2.05) is 6.07 Å². The molecular weight excluding hydrogens is 271 g/mol. The van der Waals surface area contributed by atoms with Crippen LogP contribution in [-0.2, 0) is 11.3 Å². The van der Waals surface area contributed by atoms with Crippen LogP contribution in [0.15, 0.2) is 42.5 Å². The number of para-hydroxylation sites is 1. The smallest absolute Gasteiger partial charge is 0.299 e. The zero-order valence-corrected chi connectivity index (χ0v) is 10.8. The lowest BCUT2D eigenvalue weighted by Gasteiger charge is -2.16. The first-order chi connectivity index (χ1) is 10.1. The van der Waals surface area contributed by atoms with Crippen LogP contribution in [0, 0.1) is 17.1 Å². The van der Waals surface area contributed by atoms with E-state index in [-0.39, 0.29) is 12.1 Å². The maximum absolute atomic E-state index is 13.4. The fraction of sp³-hybridized carbons (Fsp3) is 0.0625. The molecule has 2 aromatic rings. The van der Waals surface area contributed by atoms with Crippen molar-refractivity contribution in [3.8, 4) is 6.07 Å². The Morgan fingerprint density at radius 1 is 1.14 bits per heavy atom. The van der Waals surface area contributed by atoms with Crippen LogP contribution in [0.25, 0.3) is 0 Å². The van der Waals surface area contributed by atoms with Gasteiger partial charge in [-0.15, -0.1) is 0 Å². The molecule has 0 atom stereocenters. The summed E-state index contributed by atoms with van der Waals surface area (Å²) >= 11 is 0. The summed E-state index contributed by atoms with van der Waals surface area (Å²) in [6, 6.07) is 12.4. The van der Waals surface area contributed by atoms with Gasteiger partial charge in [0, 0.05) is 0 Å². The molecule has 1 aliphatic rings. The number of rotatable bonds is 2. The highest BCUT2D eigenvalue weighted by Crippen LogP contribution is 2.30. The number of nitrogens with zero attached hydrogens (tertiary/aromatic N) is 2. The van der Waals surface area contributed by atoms with Gasteiger partial charge in [-0.2, -0.15) is 5.26 Å². The number of carbonyl (C=O) groups is 2. The van der Waals surface area contributed by atoms with E-state index < -0.39 is 17.5 Å². The highest BCUT2D eigenvalue weighted by molar-refractivity contribution is 6.52. The predicted molar refractivity (Wildman–Crippen MR) is 73.1 cm³/mol. The van der Waals surface area contributed by atoms with Gasteiger partial charge in [0.05, 0.1) is 29.4 Å². The number of carbonyl (C=O) groups excluding carboxylic acids is 2. The zero-order chi connectivity index (χ0) is 15.0. The minimum absolute atomic E-state index is 0.0496. The summed E-state index contributed by atoms with van der Waals surface area (Å²) in [4.78, 5) is 25.2. The molecule has 1 heterocycles. The van der Waals surface area contributed by atoms with Gasteiger partial charge in [0.15, 0.2) is 0 Å². The molecule has 1 amide bonds.